The van der Waals surface area contributed by atoms with E-state index in [1.165, 1.54) is 28.8 Å². The smallest absolute Gasteiger partial charge is 0.263 e. The second-order valence-corrected chi connectivity index (χ2v) is 7.30. The van der Waals surface area contributed by atoms with Gasteiger partial charge in [-0.3, -0.25) is 24.5 Å². The first kappa shape index (κ1) is 21.1. The molecule has 0 spiro atoms. The quantitative estimate of drug-likeness (QED) is 0.499. The van der Waals surface area contributed by atoms with Crippen molar-refractivity contribution >= 4 is 11.9 Å². The molecule has 0 saturated heterocycles. The van der Waals surface area contributed by atoms with Gasteiger partial charge in [0.05, 0.1) is 11.3 Å². The number of pyridine rings is 1. The summed E-state index contributed by atoms with van der Waals surface area (Å²) in [5, 5.41) is 2.76. The van der Waals surface area contributed by atoms with Gasteiger partial charge in [-0.1, -0.05) is 42.5 Å². The number of benzene rings is 2. The molecule has 0 unspecified atom stereocenters. The summed E-state index contributed by atoms with van der Waals surface area (Å²) >= 11 is 0. The van der Waals surface area contributed by atoms with Crippen LogP contribution in [0.3, 0.4) is 0 Å². The van der Waals surface area contributed by atoms with Gasteiger partial charge in [-0.15, -0.1) is 0 Å². The van der Waals surface area contributed by atoms with Crippen LogP contribution in [0.2, 0.25) is 0 Å². The van der Waals surface area contributed by atoms with Gasteiger partial charge in [-0.05, 0) is 41.8 Å². The first-order valence-corrected chi connectivity index (χ1v) is 10.1. The van der Waals surface area contributed by atoms with Crippen molar-refractivity contribution in [1.29, 1.82) is 0 Å². The fourth-order valence-electron chi connectivity index (χ4n) is 3.40. The lowest BCUT2D eigenvalue weighted by Gasteiger charge is -2.15. The molecule has 0 aliphatic heterocycles. The first-order chi connectivity index (χ1) is 15.5. The van der Waals surface area contributed by atoms with Gasteiger partial charge in [0.2, 0.25) is 11.9 Å². The van der Waals surface area contributed by atoms with Crippen molar-refractivity contribution in [3.8, 4) is 22.4 Å². The van der Waals surface area contributed by atoms with Gasteiger partial charge in [0.25, 0.3) is 5.56 Å². The molecule has 0 radical (unpaired) electrons. The number of anilines is 1. The fourth-order valence-corrected chi connectivity index (χ4v) is 3.40. The highest BCUT2D eigenvalue weighted by Crippen LogP contribution is 2.28. The Morgan fingerprint density at radius 2 is 1.66 bits per heavy atom. The van der Waals surface area contributed by atoms with E-state index in [4.69, 9.17) is 0 Å². The molecule has 2 heterocycles. The van der Waals surface area contributed by atoms with Crippen molar-refractivity contribution in [2.45, 2.75) is 12.8 Å². The monoisotopic (exact) mass is 428 g/mol. The number of nitrogens with one attached hydrogen (secondary N) is 1. The zero-order chi connectivity index (χ0) is 22.5. The topological polar surface area (TPSA) is 76.9 Å². The Balaban J connectivity index is 1.71. The van der Waals surface area contributed by atoms with E-state index in [1.807, 2.05) is 30.3 Å². The van der Waals surface area contributed by atoms with Crippen molar-refractivity contribution in [2.24, 2.45) is 7.05 Å². The van der Waals surface area contributed by atoms with Crippen LogP contribution in [0.15, 0.2) is 83.9 Å². The van der Waals surface area contributed by atoms with Gasteiger partial charge in [-0.25, -0.2) is 9.37 Å². The summed E-state index contributed by atoms with van der Waals surface area (Å²) < 4.78 is 14.7. The van der Waals surface area contributed by atoms with E-state index in [2.05, 4.69) is 15.3 Å². The summed E-state index contributed by atoms with van der Waals surface area (Å²) in [5.74, 6) is -0.497. The number of aromatic nitrogens is 3. The molecule has 0 bridgehead atoms. The number of nitrogens with zero attached hydrogens (tertiary/aromatic N) is 3. The summed E-state index contributed by atoms with van der Waals surface area (Å²) in [7, 11) is 1.55. The average Bonchev–Trinajstić information content (AvgIpc) is 2.82. The van der Waals surface area contributed by atoms with Gasteiger partial charge in [0.1, 0.15) is 5.82 Å². The van der Waals surface area contributed by atoms with Crippen LogP contribution in [0.5, 0.6) is 0 Å². The van der Waals surface area contributed by atoms with Crippen molar-refractivity contribution in [3.05, 3.63) is 101 Å². The Morgan fingerprint density at radius 1 is 0.969 bits per heavy atom. The van der Waals surface area contributed by atoms with E-state index in [-0.39, 0.29) is 23.8 Å². The predicted molar refractivity (Wildman–Crippen MR) is 121 cm³/mol. The maximum absolute atomic E-state index is 13.5. The number of hydrogen-bond acceptors (Lipinski definition) is 4. The van der Waals surface area contributed by atoms with Crippen LogP contribution in [0.1, 0.15) is 12.0 Å². The third-order valence-corrected chi connectivity index (χ3v) is 5.11. The fraction of sp³-hybridized carbons (Fsp3) is 0.120. The van der Waals surface area contributed by atoms with Crippen LogP contribution in [-0.2, 0) is 18.3 Å². The van der Waals surface area contributed by atoms with Crippen molar-refractivity contribution in [1.82, 2.24) is 14.5 Å². The number of halogens is 1. The first-order valence-electron chi connectivity index (χ1n) is 10.1. The van der Waals surface area contributed by atoms with Crippen LogP contribution in [0, 0.1) is 5.82 Å². The SMILES string of the molecule is Cn1c(NC(=O)CCc2ccccc2)nc(-c2ccncc2)c(-c2ccc(F)cc2)c1=O. The molecule has 0 aliphatic carbocycles. The highest BCUT2D eigenvalue weighted by Gasteiger charge is 2.19. The second kappa shape index (κ2) is 9.34. The molecular formula is C25H21FN4O2. The van der Waals surface area contributed by atoms with Gasteiger partial charge in [0, 0.05) is 31.4 Å². The average molecular weight is 428 g/mol. The molecule has 2 aromatic heterocycles. The zero-order valence-electron chi connectivity index (χ0n) is 17.5. The number of amides is 1. The summed E-state index contributed by atoms with van der Waals surface area (Å²) in [6.07, 6.45) is 4.03. The molecule has 0 saturated carbocycles. The molecule has 7 heteroatoms. The lowest BCUT2D eigenvalue weighted by atomic mass is 10.0. The largest absolute Gasteiger partial charge is 0.296 e. The molecule has 32 heavy (non-hydrogen) atoms. The third kappa shape index (κ3) is 4.62. The molecule has 0 fully saturated rings. The molecule has 4 aromatic rings. The Labute approximate surface area is 184 Å². The maximum Gasteiger partial charge on any atom is 0.263 e. The maximum atomic E-state index is 13.5. The van der Waals surface area contributed by atoms with Crippen molar-refractivity contribution < 1.29 is 9.18 Å². The second-order valence-electron chi connectivity index (χ2n) is 7.30. The molecular weight excluding hydrogens is 407 g/mol. The minimum Gasteiger partial charge on any atom is -0.296 e. The van der Waals surface area contributed by atoms with E-state index < -0.39 is 5.82 Å². The molecule has 0 aliphatic rings. The van der Waals surface area contributed by atoms with Crippen LogP contribution in [0.25, 0.3) is 22.4 Å². The third-order valence-electron chi connectivity index (χ3n) is 5.11. The minimum absolute atomic E-state index is 0.144. The van der Waals surface area contributed by atoms with Gasteiger partial charge in [-0.2, -0.15) is 0 Å². The van der Waals surface area contributed by atoms with E-state index in [0.29, 0.717) is 28.8 Å². The highest BCUT2D eigenvalue weighted by atomic mass is 19.1. The zero-order valence-corrected chi connectivity index (χ0v) is 17.5. The normalized spacial score (nSPS) is 10.7. The number of aryl methyl sites for hydroxylation is 1. The van der Waals surface area contributed by atoms with Crippen molar-refractivity contribution in [2.75, 3.05) is 5.32 Å². The van der Waals surface area contributed by atoms with Gasteiger partial charge < -0.3 is 0 Å². The minimum atomic E-state index is -0.397. The summed E-state index contributed by atoms with van der Waals surface area (Å²) in [5.41, 5.74) is 2.61. The molecule has 0 atom stereocenters. The van der Waals surface area contributed by atoms with Gasteiger partial charge in [0.15, 0.2) is 0 Å². The number of carbonyl (C=O) groups excluding carboxylic acids is 1. The van der Waals surface area contributed by atoms with E-state index in [9.17, 15) is 14.0 Å². The number of hydrogen-bond donors (Lipinski definition) is 1. The lowest BCUT2D eigenvalue weighted by Crippen LogP contribution is -2.27. The molecule has 1 amide bonds. The lowest BCUT2D eigenvalue weighted by molar-refractivity contribution is -0.116. The van der Waals surface area contributed by atoms with Crippen LogP contribution in [-0.4, -0.2) is 20.4 Å². The Morgan fingerprint density at radius 3 is 2.34 bits per heavy atom. The van der Waals surface area contributed by atoms with Crippen LogP contribution >= 0.6 is 0 Å². The molecule has 1 N–H and O–H groups in total. The summed E-state index contributed by atoms with van der Waals surface area (Å²) in [4.78, 5) is 34.5. The highest BCUT2D eigenvalue weighted by molar-refractivity contribution is 5.90. The predicted octanol–water partition coefficient (Wildman–Crippen LogP) is 4.22. The van der Waals surface area contributed by atoms with Gasteiger partial charge >= 0.3 is 0 Å². The molecule has 160 valence electrons. The molecule has 2 aromatic carbocycles. The number of rotatable bonds is 6. The Kier molecular flexibility index (Phi) is 6.17. The Hall–Kier alpha value is -4.13. The molecule has 6 nitrogen and oxygen atoms in total. The standard InChI is InChI=1S/C25H21FN4O2/c1-30-24(32)22(18-8-10-20(26)11-9-18)23(19-13-15-27-16-14-19)29-25(30)28-21(31)12-7-17-5-3-2-4-6-17/h2-6,8-11,13-16H,7,12H2,1H3,(H,28,29,31). The molecule has 4 rings (SSSR count). The summed E-state index contributed by atoms with van der Waals surface area (Å²) in [6.45, 7) is 0. The van der Waals surface area contributed by atoms with Crippen molar-refractivity contribution in [3.63, 3.8) is 0 Å². The number of carbonyl (C=O) groups is 1. The van der Waals surface area contributed by atoms with Crippen LogP contribution in [0.4, 0.5) is 10.3 Å². The van der Waals surface area contributed by atoms with Crippen LogP contribution < -0.4 is 10.9 Å². The Bertz CT molecular complexity index is 1290. The summed E-state index contributed by atoms with van der Waals surface area (Å²) in [6, 6.07) is 18.8. The van der Waals surface area contributed by atoms with E-state index in [1.54, 1.807) is 31.6 Å². The van der Waals surface area contributed by atoms with E-state index in [0.717, 1.165) is 5.56 Å². The van der Waals surface area contributed by atoms with E-state index >= 15 is 0 Å².